The van der Waals surface area contributed by atoms with Crippen LogP contribution in [0.2, 0.25) is 0 Å². The van der Waals surface area contributed by atoms with Gasteiger partial charge in [-0.1, -0.05) is 67.6 Å². The lowest BCUT2D eigenvalue weighted by Crippen LogP contribution is -2.64. The maximum atomic E-state index is 5.73. The Hall–Kier alpha value is -2.27. The van der Waals surface area contributed by atoms with Gasteiger partial charge in [-0.25, -0.2) is 0 Å². The van der Waals surface area contributed by atoms with E-state index >= 15 is 0 Å². The van der Waals surface area contributed by atoms with Crippen LogP contribution >= 0.6 is 11.8 Å². The number of nitrogens with one attached hydrogen (secondary N) is 1. The Balaban J connectivity index is 1.47. The molecule has 178 valence electrons. The first-order valence-corrected chi connectivity index (χ1v) is 13.6. The van der Waals surface area contributed by atoms with Crippen LogP contribution in [0.1, 0.15) is 42.4 Å². The van der Waals surface area contributed by atoms with Crippen LogP contribution in [0.3, 0.4) is 0 Å². The van der Waals surface area contributed by atoms with Crippen molar-refractivity contribution < 1.29 is 4.74 Å². The van der Waals surface area contributed by atoms with Crippen molar-refractivity contribution in [3.05, 3.63) is 95.6 Å². The first-order chi connectivity index (χ1) is 16.8. The molecule has 3 aromatic rings. The molecule has 4 heteroatoms. The molecule has 2 atom stereocenters. The molecule has 0 amide bonds. The van der Waals surface area contributed by atoms with Crippen molar-refractivity contribution in [2.75, 3.05) is 26.0 Å². The van der Waals surface area contributed by atoms with Crippen LogP contribution in [0.4, 0.5) is 0 Å². The highest BCUT2D eigenvalue weighted by atomic mass is 32.2. The molecule has 3 nitrogen and oxygen atoms in total. The van der Waals surface area contributed by atoms with Crippen molar-refractivity contribution in [3.8, 4) is 5.75 Å². The molecular weight excluding hydrogens is 436 g/mol. The average Bonchev–Trinajstić information content (AvgIpc) is 2.90. The van der Waals surface area contributed by atoms with E-state index in [0.717, 1.165) is 18.0 Å². The maximum Gasteiger partial charge on any atom is 0.123 e. The van der Waals surface area contributed by atoms with Gasteiger partial charge in [-0.3, -0.25) is 4.90 Å². The average molecular weight is 473 g/mol. The molecular formula is C30H36N2OS. The number of thioether (sulfide) groups is 1. The summed E-state index contributed by atoms with van der Waals surface area (Å²) < 4.78 is 5.73. The lowest BCUT2D eigenvalue weighted by molar-refractivity contribution is 0.00461. The topological polar surface area (TPSA) is 24.5 Å². The van der Waals surface area contributed by atoms with E-state index in [2.05, 4.69) is 96.0 Å². The molecule has 3 aromatic carbocycles. The van der Waals surface area contributed by atoms with Gasteiger partial charge in [0.25, 0.3) is 0 Å². The summed E-state index contributed by atoms with van der Waals surface area (Å²) in [4.78, 5) is 4.07. The summed E-state index contributed by atoms with van der Waals surface area (Å²) >= 11 is 1.89. The van der Waals surface area contributed by atoms with Crippen molar-refractivity contribution in [1.82, 2.24) is 10.2 Å². The summed E-state index contributed by atoms with van der Waals surface area (Å²) in [7, 11) is 1.78. The Morgan fingerprint density at radius 1 is 0.941 bits per heavy atom. The van der Waals surface area contributed by atoms with E-state index in [1.54, 1.807) is 7.11 Å². The normalized spacial score (nSPS) is 23.9. The fraction of sp³-hybridized carbons (Fsp3) is 0.400. The summed E-state index contributed by atoms with van der Waals surface area (Å²) in [5.74, 6) is 3.13. The largest absolute Gasteiger partial charge is 0.496 e. The van der Waals surface area contributed by atoms with Gasteiger partial charge in [-0.2, -0.15) is 0 Å². The number of ether oxygens (including phenoxy) is 1. The molecule has 0 aliphatic carbocycles. The van der Waals surface area contributed by atoms with Gasteiger partial charge in [0.2, 0.25) is 0 Å². The molecule has 0 aromatic heterocycles. The zero-order chi connectivity index (χ0) is 23.3. The van der Waals surface area contributed by atoms with Crippen LogP contribution in [0, 0.1) is 5.92 Å². The molecule has 34 heavy (non-hydrogen) atoms. The van der Waals surface area contributed by atoms with Crippen LogP contribution in [-0.4, -0.2) is 42.9 Å². The second kappa shape index (κ2) is 11.0. The van der Waals surface area contributed by atoms with Gasteiger partial charge < -0.3 is 10.1 Å². The molecule has 1 N–H and O–H groups in total. The summed E-state index contributed by atoms with van der Waals surface area (Å²) in [5.41, 5.74) is 4.08. The fourth-order valence-corrected chi connectivity index (χ4v) is 6.80. The Labute approximate surface area is 208 Å². The Morgan fingerprint density at radius 2 is 1.59 bits per heavy atom. The third-order valence-corrected chi connectivity index (χ3v) is 8.50. The van der Waals surface area contributed by atoms with Gasteiger partial charge in [0.15, 0.2) is 0 Å². The first-order valence-electron chi connectivity index (χ1n) is 12.7. The predicted molar refractivity (Wildman–Crippen MR) is 143 cm³/mol. The third-order valence-electron chi connectivity index (χ3n) is 7.62. The molecule has 0 spiro atoms. The summed E-state index contributed by atoms with van der Waals surface area (Å²) in [6.07, 6.45) is 2.57. The third kappa shape index (κ3) is 4.91. The number of methoxy groups -OCH3 is 1. The number of nitrogens with zero attached hydrogens (tertiary/aromatic N) is 1. The van der Waals surface area contributed by atoms with E-state index in [4.69, 9.17) is 4.74 Å². The van der Waals surface area contributed by atoms with Crippen LogP contribution in [-0.2, 0) is 6.54 Å². The number of fused-ring (bicyclic) bond motifs is 3. The van der Waals surface area contributed by atoms with Crippen molar-refractivity contribution in [2.24, 2.45) is 5.92 Å². The summed E-state index contributed by atoms with van der Waals surface area (Å²) in [6.45, 7) is 5.45. The van der Waals surface area contributed by atoms with E-state index in [0.29, 0.717) is 23.9 Å². The number of hydrogen-bond donors (Lipinski definition) is 1. The van der Waals surface area contributed by atoms with Gasteiger partial charge in [-0.05, 0) is 66.9 Å². The number of benzene rings is 3. The Morgan fingerprint density at radius 3 is 2.18 bits per heavy atom. The Bertz CT molecular complexity index is 1010. The number of rotatable bonds is 9. The summed E-state index contributed by atoms with van der Waals surface area (Å²) in [5, 5.41) is 4.05. The molecule has 6 rings (SSSR count). The minimum atomic E-state index is 0.354. The number of piperidine rings is 3. The highest BCUT2D eigenvalue weighted by Gasteiger charge is 2.46. The predicted octanol–water partition coefficient (Wildman–Crippen LogP) is 6.19. The van der Waals surface area contributed by atoms with Crippen LogP contribution in [0.15, 0.2) is 83.8 Å². The Kier molecular flexibility index (Phi) is 7.58. The van der Waals surface area contributed by atoms with Crippen LogP contribution in [0.5, 0.6) is 5.75 Å². The van der Waals surface area contributed by atoms with E-state index in [1.807, 2.05) is 11.8 Å². The maximum absolute atomic E-state index is 5.73. The van der Waals surface area contributed by atoms with E-state index in [1.165, 1.54) is 47.5 Å². The van der Waals surface area contributed by atoms with Gasteiger partial charge in [-0.15, -0.1) is 11.8 Å². The lowest BCUT2D eigenvalue weighted by Gasteiger charge is -2.54. The zero-order valence-corrected chi connectivity index (χ0v) is 21.1. The summed E-state index contributed by atoms with van der Waals surface area (Å²) in [6, 6.07) is 29.7. The molecule has 3 aliphatic rings. The second-order valence-corrected chi connectivity index (χ2v) is 10.8. The fourth-order valence-electron chi connectivity index (χ4n) is 6.07. The van der Waals surface area contributed by atoms with E-state index in [9.17, 15) is 0 Å². The van der Waals surface area contributed by atoms with E-state index < -0.39 is 0 Å². The SMILES string of the molecule is CCSc1ccc(OC)c(CN[C@H]2C3CCN(CC3)[C@H]2C(c2ccccc2)c2ccccc2)c1. The first kappa shape index (κ1) is 23.5. The van der Waals surface area contributed by atoms with Crippen LogP contribution in [0.25, 0.3) is 0 Å². The molecule has 3 saturated heterocycles. The van der Waals surface area contributed by atoms with Crippen molar-refractivity contribution in [1.29, 1.82) is 0 Å². The van der Waals surface area contributed by atoms with Crippen molar-refractivity contribution in [2.45, 2.75) is 49.2 Å². The second-order valence-electron chi connectivity index (χ2n) is 9.48. The van der Waals surface area contributed by atoms with Gasteiger partial charge >= 0.3 is 0 Å². The van der Waals surface area contributed by atoms with Gasteiger partial charge in [0.1, 0.15) is 5.75 Å². The van der Waals surface area contributed by atoms with Crippen LogP contribution < -0.4 is 10.1 Å². The molecule has 0 unspecified atom stereocenters. The monoisotopic (exact) mass is 472 g/mol. The quantitative estimate of drug-likeness (QED) is 0.375. The zero-order valence-electron chi connectivity index (χ0n) is 20.3. The molecule has 3 fully saturated rings. The highest BCUT2D eigenvalue weighted by Crippen LogP contribution is 2.42. The van der Waals surface area contributed by atoms with E-state index in [-0.39, 0.29) is 0 Å². The lowest BCUT2D eigenvalue weighted by atomic mass is 9.70. The molecule has 0 radical (unpaired) electrons. The van der Waals surface area contributed by atoms with Crippen molar-refractivity contribution in [3.63, 3.8) is 0 Å². The minimum Gasteiger partial charge on any atom is -0.496 e. The highest BCUT2D eigenvalue weighted by molar-refractivity contribution is 7.99. The smallest absolute Gasteiger partial charge is 0.123 e. The minimum absolute atomic E-state index is 0.354. The molecule has 3 aliphatic heterocycles. The standard InChI is InChI=1S/C30H36N2OS/c1-3-34-26-14-15-27(33-2)25(20-26)21-31-29-24-16-18-32(19-17-24)30(29)28(22-10-6-4-7-11-22)23-12-8-5-9-13-23/h4-15,20,24,28-31H,3,16-19,21H2,1-2H3/t29-,30-/m0/s1. The van der Waals surface area contributed by atoms with Gasteiger partial charge in [0, 0.05) is 35.0 Å². The molecule has 0 saturated carbocycles. The molecule has 2 bridgehead atoms. The van der Waals surface area contributed by atoms with Crippen molar-refractivity contribution >= 4 is 11.8 Å². The molecule has 3 heterocycles. The van der Waals surface area contributed by atoms with Gasteiger partial charge in [0.05, 0.1) is 7.11 Å². The number of hydrogen-bond acceptors (Lipinski definition) is 4.